The highest BCUT2D eigenvalue weighted by Crippen LogP contribution is 2.43. The van der Waals surface area contributed by atoms with Crippen LogP contribution in [0.5, 0.6) is 0 Å². The van der Waals surface area contributed by atoms with E-state index < -0.39 is 17.9 Å². The molecular weight excluding hydrogens is 424 g/mol. The number of nitrogens with zero attached hydrogens (tertiary/aromatic N) is 1. The van der Waals surface area contributed by atoms with Crippen molar-refractivity contribution < 1.29 is 23.8 Å². The van der Waals surface area contributed by atoms with Crippen molar-refractivity contribution in [2.45, 2.75) is 26.2 Å². The van der Waals surface area contributed by atoms with Crippen LogP contribution >= 0.6 is 27.3 Å². The van der Waals surface area contributed by atoms with Crippen LogP contribution in [0.25, 0.3) is 0 Å². The monoisotopic (exact) mass is 440 g/mol. The van der Waals surface area contributed by atoms with Crippen LogP contribution in [0.3, 0.4) is 0 Å². The Morgan fingerprint density at radius 1 is 1.35 bits per heavy atom. The number of nitrogens with two attached hydrogens (primary N) is 1. The third-order valence-electron chi connectivity index (χ3n) is 3.48. The number of nitriles is 1. The van der Waals surface area contributed by atoms with Crippen LogP contribution in [0.1, 0.15) is 31.1 Å². The van der Waals surface area contributed by atoms with Crippen molar-refractivity contribution in [2.75, 3.05) is 13.2 Å². The minimum absolute atomic E-state index is 0.0351. The summed E-state index contributed by atoms with van der Waals surface area (Å²) in [4.78, 5) is 25.2. The fourth-order valence-corrected chi connectivity index (χ4v) is 4.04. The number of allylic oxidation sites excluding steroid dienone is 1. The predicted molar refractivity (Wildman–Crippen MR) is 97.6 cm³/mol. The molecule has 1 aromatic heterocycles. The number of carbonyl (C=O) groups is 2. The van der Waals surface area contributed by atoms with Crippen molar-refractivity contribution in [1.82, 2.24) is 0 Å². The largest absolute Gasteiger partial charge is 0.466 e. The number of esters is 2. The van der Waals surface area contributed by atoms with Crippen molar-refractivity contribution in [2.24, 2.45) is 5.73 Å². The van der Waals surface area contributed by atoms with E-state index in [9.17, 15) is 14.9 Å². The van der Waals surface area contributed by atoms with Crippen molar-refractivity contribution in [3.05, 3.63) is 43.6 Å². The molecule has 138 valence electrons. The van der Waals surface area contributed by atoms with Crippen LogP contribution < -0.4 is 5.73 Å². The van der Waals surface area contributed by atoms with Crippen LogP contribution in [0.4, 0.5) is 0 Å². The molecule has 0 spiro atoms. The summed E-state index contributed by atoms with van der Waals surface area (Å²) in [5.74, 6) is -2.11. The molecule has 0 saturated heterocycles. The molecule has 2 N–H and O–H groups in total. The molecule has 1 aliphatic rings. The maximum Gasteiger partial charge on any atom is 0.338 e. The van der Waals surface area contributed by atoms with Gasteiger partial charge in [0.05, 0.1) is 28.5 Å². The van der Waals surface area contributed by atoms with Crippen molar-refractivity contribution in [1.29, 1.82) is 5.26 Å². The smallest absolute Gasteiger partial charge is 0.338 e. The molecule has 2 heterocycles. The average Bonchev–Trinajstić information content (AvgIpc) is 3.00. The van der Waals surface area contributed by atoms with Gasteiger partial charge in [-0.1, -0.05) is 0 Å². The topological polar surface area (TPSA) is 112 Å². The van der Waals surface area contributed by atoms with Crippen molar-refractivity contribution in [3.63, 3.8) is 0 Å². The third kappa shape index (κ3) is 4.26. The first-order valence-electron chi connectivity index (χ1n) is 7.81. The van der Waals surface area contributed by atoms with Crippen LogP contribution in [0.2, 0.25) is 0 Å². The standard InChI is InChI=1S/C17H17BrN2O5S/c1-3-23-13(21)7-10-15(17(22)24-4-2)14(9(8-19)16(20)25-10)11-5-6-12(18)26-11/h5-6,14H,3-4,7,20H2,1-2H3/t14-/m1/s1. The summed E-state index contributed by atoms with van der Waals surface area (Å²) in [6.07, 6.45) is -0.287. The molecule has 0 aromatic carbocycles. The van der Waals surface area contributed by atoms with Gasteiger partial charge >= 0.3 is 11.9 Å². The second-order valence-corrected chi connectivity index (χ2v) is 7.60. The first kappa shape index (κ1) is 20.0. The number of thiophene rings is 1. The van der Waals surface area contributed by atoms with Gasteiger partial charge < -0.3 is 19.9 Å². The zero-order chi connectivity index (χ0) is 19.3. The first-order chi connectivity index (χ1) is 12.4. The molecular formula is C17H17BrN2O5S. The minimum Gasteiger partial charge on any atom is -0.466 e. The Hall–Kier alpha value is -2.31. The molecule has 9 heteroatoms. The Morgan fingerprint density at radius 2 is 2.04 bits per heavy atom. The van der Waals surface area contributed by atoms with E-state index in [1.807, 2.05) is 6.07 Å². The van der Waals surface area contributed by atoms with Crippen LogP contribution in [0.15, 0.2) is 38.7 Å². The SMILES string of the molecule is CCOC(=O)CC1=C(C(=O)OCC)[C@@H](c2ccc(Br)s2)C(C#N)=C(N)O1. The number of halogens is 1. The molecule has 1 atom stereocenters. The van der Waals surface area contributed by atoms with E-state index in [1.165, 1.54) is 11.3 Å². The highest BCUT2D eigenvalue weighted by atomic mass is 79.9. The van der Waals surface area contributed by atoms with E-state index in [2.05, 4.69) is 15.9 Å². The maximum atomic E-state index is 12.6. The van der Waals surface area contributed by atoms with Gasteiger partial charge in [0.1, 0.15) is 23.8 Å². The zero-order valence-electron chi connectivity index (χ0n) is 14.2. The number of rotatable bonds is 6. The molecule has 2 rings (SSSR count). The molecule has 0 radical (unpaired) electrons. The molecule has 26 heavy (non-hydrogen) atoms. The Balaban J connectivity index is 2.59. The molecule has 0 amide bonds. The number of carbonyl (C=O) groups excluding carboxylic acids is 2. The molecule has 1 aromatic rings. The predicted octanol–water partition coefficient (Wildman–Crippen LogP) is 3.09. The minimum atomic E-state index is -0.770. The summed E-state index contributed by atoms with van der Waals surface area (Å²) < 4.78 is 16.3. The van der Waals surface area contributed by atoms with Gasteiger partial charge in [0.2, 0.25) is 5.88 Å². The summed E-state index contributed by atoms with van der Waals surface area (Å²) in [5, 5.41) is 9.54. The molecule has 0 fully saturated rings. The molecule has 0 bridgehead atoms. The van der Waals surface area contributed by atoms with Crippen LogP contribution in [0, 0.1) is 11.3 Å². The summed E-state index contributed by atoms with van der Waals surface area (Å²) in [5.41, 5.74) is 6.07. The van der Waals surface area contributed by atoms with E-state index in [4.69, 9.17) is 19.9 Å². The summed E-state index contributed by atoms with van der Waals surface area (Å²) in [6, 6.07) is 5.57. The Kier molecular flexibility index (Phi) is 6.83. The second kappa shape index (κ2) is 8.87. The van der Waals surface area contributed by atoms with Gasteiger partial charge in [-0.3, -0.25) is 4.79 Å². The molecule has 7 nitrogen and oxygen atoms in total. The lowest BCUT2D eigenvalue weighted by atomic mass is 9.87. The highest BCUT2D eigenvalue weighted by molar-refractivity contribution is 9.11. The Morgan fingerprint density at radius 3 is 2.58 bits per heavy atom. The van der Waals surface area contributed by atoms with E-state index in [-0.39, 0.29) is 42.4 Å². The van der Waals surface area contributed by atoms with Crippen molar-refractivity contribution >= 4 is 39.2 Å². The van der Waals surface area contributed by atoms with Gasteiger partial charge in [0, 0.05) is 4.88 Å². The van der Waals surface area contributed by atoms with E-state index >= 15 is 0 Å². The fraction of sp³-hybridized carbons (Fsp3) is 0.353. The lowest BCUT2D eigenvalue weighted by molar-refractivity contribution is -0.143. The van der Waals surface area contributed by atoms with Crippen LogP contribution in [-0.4, -0.2) is 25.2 Å². The quantitative estimate of drug-likeness (QED) is 0.676. The molecule has 0 saturated carbocycles. The van der Waals surface area contributed by atoms with E-state index in [0.717, 1.165) is 3.79 Å². The van der Waals surface area contributed by atoms with Gasteiger partial charge in [-0.2, -0.15) is 5.26 Å². The highest BCUT2D eigenvalue weighted by Gasteiger charge is 2.39. The molecule has 1 aliphatic heterocycles. The maximum absolute atomic E-state index is 12.6. The van der Waals surface area contributed by atoms with Crippen LogP contribution in [-0.2, 0) is 23.8 Å². The first-order valence-corrected chi connectivity index (χ1v) is 9.42. The lowest BCUT2D eigenvalue weighted by Gasteiger charge is -2.27. The summed E-state index contributed by atoms with van der Waals surface area (Å²) in [7, 11) is 0. The second-order valence-electron chi connectivity index (χ2n) is 5.11. The zero-order valence-corrected chi connectivity index (χ0v) is 16.6. The van der Waals surface area contributed by atoms with Gasteiger partial charge in [0.25, 0.3) is 0 Å². The molecule has 0 unspecified atom stereocenters. The summed E-state index contributed by atoms with van der Waals surface area (Å²) >= 11 is 4.72. The van der Waals surface area contributed by atoms with E-state index in [0.29, 0.717) is 4.88 Å². The molecule has 0 aliphatic carbocycles. The van der Waals surface area contributed by atoms with Gasteiger partial charge in [0.15, 0.2) is 0 Å². The van der Waals surface area contributed by atoms with Gasteiger partial charge in [-0.25, -0.2) is 4.79 Å². The summed E-state index contributed by atoms with van der Waals surface area (Å²) in [6.45, 7) is 3.67. The number of ether oxygens (including phenoxy) is 3. The van der Waals surface area contributed by atoms with Gasteiger partial charge in [-0.05, 0) is 41.9 Å². The van der Waals surface area contributed by atoms with E-state index in [1.54, 1.807) is 26.0 Å². The van der Waals surface area contributed by atoms with Crippen molar-refractivity contribution in [3.8, 4) is 6.07 Å². The normalized spacial score (nSPS) is 16.8. The Labute approximate surface area is 163 Å². The average molecular weight is 441 g/mol. The lowest BCUT2D eigenvalue weighted by Crippen LogP contribution is -2.27. The third-order valence-corrected chi connectivity index (χ3v) is 5.17. The fourth-order valence-electron chi connectivity index (χ4n) is 2.49. The number of hydrogen-bond acceptors (Lipinski definition) is 8. The number of hydrogen-bond donors (Lipinski definition) is 1. The van der Waals surface area contributed by atoms with Gasteiger partial charge in [-0.15, -0.1) is 11.3 Å². The Bertz CT molecular complexity index is 821.